The Balaban J connectivity index is 1.90. The van der Waals surface area contributed by atoms with Gasteiger partial charge in [0.25, 0.3) is 11.7 Å². The summed E-state index contributed by atoms with van der Waals surface area (Å²) in [4.78, 5) is 50.5. The monoisotopic (exact) mass is 351 g/mol. The number of amides is 1. The zero-order chi connectivity index (χ0) is 18.8. The van der Waals surface area contributed by atoms with E-state index in [1.165, 1.54) is 20.1 Å². The van der Waals surface area contributed by atoms with Gasteiger partial charge in [0.15, 0.2) is 11.6 Å². The number of ketones is 3. The minimum absolute atomic E-state index is 0.199. The van der Waals surface area contributed by atoms with E-state index in [1.807, 2.05) is 0 Å². The van der Waals surface area contributed by atoms with Gasteiger partial charge in [0.2, 0.25) is 0 Å². The molecule has 2 aromatic rings. The standard InChI is InChI=1S/C20H17NO5/c1-12(22)17(11-18(23)13-7-9-14(26-2)10-8-13)21-16-6-4-3-5-15(16)19(24)20(21)25/h3-10,17H,11H2,1-2H3/t17-/m0/s1. The third kappa shape index (κ3) is 3.01. The van der Waals surface area contributed by atoms with E-state index >= 15 is 0 Å². The number of rotatable bonds is 6. The SMILES string of the molecule is COc1ccc(C(=O)C[C@@H](C(C)=O)N2C(=O)C(=O)c3ccccc32)cc1. The number of Topliss-reactive ketones (excluding diaryl/α,β-unsaturated/α-hetero) is 3. The summed E-state index contributed by atoms with van der Waals surface area (Å²) >= 11 is 0. The van der Waals surface area contributed by atoms with Gasteiger partial charge in [0, 0.05) is 12.0 Å². The van der Waals surface area contributed by atoms with Gasteiger partial charge in [-0.25, -0.2) is 0 Å². The van der Waals surface area contributed by atoms with Crippen molar-refractivity contribution < 1.29 is 23.9 Å². The van der Waals surface area contributed by atoms with Crippen molar-refractivity contribution in [1.82, 2.24) is 0 Å². The van der Waals surface area contributed by atoms with Gasteiger partial charge in [-0.1, -0.05) is 12.1 Å². The molecular formula is C20H17NO5. The molecule has 6 nitrogen and oxygen atoms in total. The number of fused-ring (bicyclic) bond motifs is 1. The molecule has 1 aliphatic rings. The molecule has 2 aromatic carbocycles. The summed E-state index contributed by atoms with van der Waals surface area (Å²) in [6.45, 7) is 1.31. The molecule has 0 spiro atoms. The highest BCUT2D eigenvalue weighted by Crippen LogP contribution is 2.32. The summed E-state index contributed by atoms with van der Waals surface area (Å²) in [6.07, 6.45) is -0.199. The summed E-state index contributed by atoms with van der Waals surface area (Å²) in [5.41, 5.74) is 1.02. The number of hydrogen-bond donors (Lipinski definition) is 0. The molecule has 0 bridgehead atoms. The molecule has 6 heteroatoms. The molecule has 0 N–H and O–H groups in total. The van der Waals surface area contributed by atoms with E-state index in [9.17, 15) is 19.2 Å². The zero-order valence-corrected chi connectivity index (χ0v) is 14.4. The van der Waals surface area contributed by atoms with Gasteiger partial charge in [-0.05, 0) is 43.3 Å². The maximum Gasteiger partial charge on any atom is 0.300 e. The van der Waals surface area contributed by atoms with E-state index in [-0.39, 0.29) is 23.6 Å². The van der Waals surface area contributed by atoms with Gasteiger partial charge in [0.1, 0.15) is 11.8 Å². The van der Waals surface area contributed by atoms with Crippen LogP contribution in [0.2, 0.25) is 0 Å². The second kappa shape index (κ2) is 6.92. The number of anilines is 1. The highest BCUT2D eigenvalue weighted by molar-refractivity contribution is 6.52. The van der Waals surface area contributed by atoms with Crippen LogP contribution in [0.3, 0.4) is 0 Å². The van der Waals surface area contributed by atoms with E-state index in [0.717, 1.165) is 4.90 Å². The number of benzene rings is 2. The highest BCUT2D eigenvalue weighted by Gasteiger charge is 2.41. The van der Waals surface area contributed by atoms with Crippen LogP contribution in [0, 0.1) is 0 Å². The second-order valence-electron chi connectivity index (χ2n) is 6.00. The Morgan fingerprint density at radius 2 is 1.69 bits per heavy atom. The first-order valence-electron chi connectivity index (χ1n) is 8.08. The van der Waals surface area contributed by atoms with Crippen molar-refractivity contribution in [2.75, 3.05) is 12.0 Å². The second-order valence-corrected chi connectivity index (χ2v) is 6.00. The number of hydrogen-bond acceptors (Lipinski definition) is 5. The van der Waals surface area contributed by atoms with Gasteiger partial charge in [-0.2, -0.15) is 0 Å². The number of para-hydroxylation sites is 1. The zero-order valence-electron chi connectivity index (χ0n) is 14.4. The Kier molecular flexibility index (Phi) is 4.67. The molecule has 0 aliphatic carbocycles. The van der Waals surface area contributed by atoms with E-state index in [4.69, 9.17) is 4.74 Å². The lowest BCUT2D eigenvalue weighted by molar-refractivity contribution is -0.121. The first kappa shape index (κ1) is 17.5. The first-order chi connectivity index (χ1) is 12.4. The van der Waals surface area contributed by atoms with Crippen molar-refractivity contribution in [3.63, 3.8) is 0 Å². The van der Waals surface area contributed by atoms with Crippen molar-refractivity contribution in [2.24, 2.45) is 0 Å². The molecule has 1 amide bonds. The molecule has 132 valence electrons. The molecule has 1 heterocycles. The van der Waals surface area contributed by atoms with Crippen LogP contribution in [0.15, 0.2) is 48.5 Å². The number of nitrogens with zero attached hydrogens (tertiary/aromatic N) is 1. The number of carbonyl (C=O) groups is 4. The molecule has 0 saturated carbocycles. The van der Waals surface area contributed by atoms with Crippen molar-refractivity contribution in [3.05, 3.63) is 59.7 Å². The Labute approximate surface area is 150 Å². The molecular weight excluding hydrogens is 334 g/mol. The van der Waals surface area contributed by atoms with E-state index in [0.29, 0.717) is 17.0 Å². The fourth-order valence-electron chi connectivity index (χ4n) is 3.01. The van der Waals surface area contributed by atoms with Crippen LogP contribution in [0.1, 0.15) is 34.1 Å². The first-order valence-corrected chi connectivity index (χ1v) is 8.08. The number of ether oxygens (including phenoxy) is 1. The molecule has 1 atom stereocenters. The van der Waals surface area contributed by atoms with E-state index in [1.54, 1.807) is 42.5 Å². The lowest BCUT2D eigenvalue weighted by atomic mass is 9.99. The van der Waals surface area contributed by atoms with Crippen molar-refractivity contribution in [3.8, 4) is 5.75 Å². The predicted octanol–water partition coefficient (Wildman–Crippen LogP) is 2.46. The molecule has 3 rings (SSSR count). The van der Waals surface area contributed by atoms with Crippen LogP contribution in [-0.4, -0.2) is 36.4 Å². The lowest BCUT2D eigenvalue weighted by Gasteiger charge is -2.25. The average molecular weight is 351 g/mol. The number of carbonyl (C=O) groups excluding carboxylic acids is 4. The van der Waals surface area contributed by atoms with Crippen LogP contribution in [0.5, 0.6) is 5.75 Å². The Morgan fingerprint density at radius 3 is 2.31 bits per heavy atom. The normalized spacial score (nSPS) is 14.2. The Morgan fingerprint density at radius 1 is 1.04 bits per heavy atom. The van der Waals surface area contributed by atoms with Crippen LogP contribution < -0.4 is 9.64 Å². The molecule has 26 heavy (non-hydrogen) atoms. The third-order valence-electron chi connectivity index (χ3n) is 4.39. The molecule has 0 unspecified atom stereocenters. The minimum atomic E-state index is -1.02. The van der Waals surface area contributed by atoms with Crippen molar-refractivity contribution in [2.45, 2.75) is 19.4 Å². The maximum absolute atomic E-state index is 12.6. The number of methoxy groups -OCH3 is 1. The predicted molar refractivity (Wildman–Crippen MR) is 94.7 cm³/mol. The van der Waals surface area contributed by atoms with Crippen LogP contribution in [0.25, 0.3) is 0 Å². The molecule has 0 radical (unpaired) electrons. The minimum Gasteiger partial charge on any atom is -0.497 e. The largest absolute Gasteiger partial charge is 0.497 e. The van der Waals surface area contributed by atoms with Crippen molar-refractivity contribution >= 4 is 28.9 Å². The third-order valence-corrected chi connectivity index (χ3v) is 4.39. The summed E-state index contributed by atoms with van der Waals surface area (Å²) in [7, 11) is 1.52. The Bertz CT molecular complexity index is 901. The van der Waals surface area contributed by atoms with Gasteiger partial charge in [-0.15, -0.1) is 0 Å². The molecule has 0 fully saturated rings. The van der Waals surface area contributed by atoms with Gasteiger partial charge in [0.05, 0.1) is 18.4 Å². The summed E-state index contributed by atoms with van der Waals surface area (Å²) < 4.78 is 5.06. The average Bonchev–Trinajstić information content (AvgIpc) is 2.90. The Hall–Kier alpha value is -3.28. The van der Waals surface area contributed by atoms with Gasteiger partial charge >= 0.3 is 0 Å². The van der Waals surface area contributed by atoms with Gasteiger partial charge in [-0.3, -0.25) is 24.1 Å². The van der Waals surface area contributed by atoms with Gasteiger partial charge < -0.3 is 4.74 Å². The fourth-order valence-corrected chi connectivity index (χ4v) is 3.01. The topological polar surface area (TPSA) is 80.8 Å². The van der Waals surface area contributed by atoms with Crippen LogP contribution in [-0.2, 0) is 9.59 Å². The van der Waals surface area contributed by atoms with Crippen LogP contribution >= 0.6 is 0 Å². The maximum atomic E-state index is 12.6. The quantitative estimate of drug-likeness (QED) is 0.590. The van der Waals surface area contributed by atoms with Crippen LogP contribution in [0.4, 0.5) is 5.69 Å². The fraction of sp³-hybridized carbons (Fsp3) is 0.200. The molecule has 0 aromatic heterocycles. The highest BCUT2D eigenvalue weighted by atomic mass is 16.5. The smallest absolute Gasteiger partial charge is 0.300 e. The molecule has 1 aliphatic heterocycles. The van der Waals surface area contributed by atoms with Crippen molar-refractivity contribution in [1.29, 1.82) is 0 Å². The summed E-state index contributed by atoms with van der Waals surface area (Å²) in [5.74, 6) is -1.49. The van der Waals surface area contributed by atoms with E-state index < -0.39 is 17.7 Å². The summed E-state index contributed by atoms with van der Waals surface area (Å²) in [6, 6.07) is 11.9. The molecule has 0 saturated heterocycles. The van der Waals surface area contributed by atoms with E-state index in [2.05, 4.69) is 0 Å². The summed E-state index contributed by atoms with van der Waals surface area (Å²) in [5, 5.41) is 0. The lowest BCUT2D eigenvalue weighted by Crippen LogP contribution is -2.45.